The molecular formula is C17H20ClN. The lowest BCUT2D eigenvalue weighted by Gasteiger charge is -2.21. The maximum atomic E-state index is 6.04. The van der Waals surface area contributed by atoms with Crippen LogP contribution >= 0.6 is 11.6 Å². The summed E-state index contributed by atoms with van der Waals surface area (Å²) < 4.78 is 0. The molecule has 2 heteroatoms. The maximum absolute atomic E-state index is 6.04. The molecule has 0 fully saturated rings. The van der Waals surface area contributed by atoms with Crippen LogP contribution in [-0.4, -0.2) is 0 Å². The van der Waals surface area contributed by atoms with E-state index in [-0.39, 0.29) is 6.04 Å². The van der Waals surface area contributed by atoms with Gasteiger partial charge in [-0.2, -0.15) is 0 Å². The Balaban J connectivity index is 2.08. The molecule has 0 heterocycles. The summed E-state index contributed by atoms with van der Waals surface area (Å²) in [5.74, 6) is 0. The molecule has 0 bridgehead atoms. The highest BCUT2D eigenvalue weighted by atomic mass is 35.5. The molecule has 0 saturated carbocycles. The second-order valence-electron chi connectivity index (χ2n) is 5.08. The van der Waals surface area contributed by atoms with Gasteiger partial charge in [0, 0.05) is 17.1 Å². The van der Waals surface area contributed by atoms with Crippen molar-refractivity contribution in [2.75, 3.05) is 0 Å². The summed E-state index contributed by atoms with van der Waals surface area (Å²) >= 11 is 6.04. The van der Waals surface area contributed by atoms with Gasteiger partial charge in [0.1, 0.15) is 0 Å². The van der Waals surface area contributed by atoms with Crippen molar-refractivity contribution in [2.24, 2.45) is 0 Å². The van der Waals surface area contributed by atoms with Crippen LogP contribution in [0, 0.1) is 6.92 Å². The minimum absolute atomic E-state index is 0.272. The van der Waals surface area contributed by atoms with Crippen LogP contribution in [-0.2, 0) is 0 Å². The van der Waals surface area contributed by atoms with E-state index in [1.54, 1.807) is 0 Å². The number of nitrogens with one attached hydrogen (secondary N) is 1. The van der Waals surface area contributed by atoms with Crippen molar-refractivity contribution in [3.8, 4) is 0 Å². The van der Waals surface area contributed by atoms with Gasteiger partial charge < -0.3 is 5.32 Å². The van der Waals surface area contributed by atoms with Crippen molar-refractivity contribution in [3.05, 3.63) is 70.2 Å². The fourth-order valence-electron chi connectivity index (χ4n) is 2.28. The second kappa shape index (κ2) is 6.23. The van der Waals surface area contributed by atoms with Crippen molar-refractivity contribution in [2.45, 2.75) is 32.9 Å². The zero-order chi connectivity index (χ0) is 13.8. The molecule has 0 spiro atoms. The van der Waals surface area contributed by atoms with Crippen molar-refractivity contribution in [1.29, 1.82) is 0 Å². The molecule has 0 aliphatic carbocycles. The van der Waals surface area contributed by atoms with Crippen LogP contribution in [0.2, 0.25) is 5.02 Å². The van der Waals surface area contributed by atoms with Crippen molar-refractivity contribution in [3.63, 3.8) is 0 Å². The molecule has 1 nitrogen and oxygen atoms in total. The van der Waals surface area contributed by atoms with E-state index in [1.165, 1.54) is 16.7 Å². The van der Waals surface area contributed by atoms with Crippen LogP contribution in [0.25, 0.3) is 0 Å². The molecule has 100 valence electrons. The smallest absolute Gasteiger partial charge is 0.0409 e. The van der Waals surface area contributed by atoms with Gasteiger partial charge in [-0.05, 0) is 44.0 Å². The number of aryl methyl sites for hydroxylation is 1. The largest absolute Gasteiger partial charge is 0.304 e. The Bertz CT molecular complexity index is 501. The first-order valence-electron chi connectivity index (χ1n) is 6.64. The lowest BCUT2D eigenvalue weighted by Crippen LogP contribution is -2.22. The zero-order valence-electron chi connectivity index (χ0n) is 11.7. The number of hydrogen-bond acceptors (Lipinski definition) is 1. The van der Waals surface area contributed by atoms with Gasteiger partial charge in [0.2, 0.25) is 0 Å². The van der Waals surface area contributed by atoms with Gasteiger partial charge >= 0.3 is 0 Å². The van der Waals surface area contributed by atoms with Gasteiger partial charge in [0.15, 0.2) is 0 Å². The topological polar surface area (TPSA) is 12.0 Å². The zero-order valence-corrected chi connectivity index (χ0v) is 12.4. The average Bonchev–Trinajstić information content (AvgIpc) is 2.38. The predicted molar refractivity (Wildman–Crippen MR) is 82.6 cm³/mol. The van der Waals surface area contributed by atoms with Crippen LogP contribution < -0.4 is 5.32 Å². The molecule has 2 rings (SSSR count). The molecule has 2 aromatic rings. The summed E-state index contributed by atoms with van der Waals surface area (Å²) in [6.07, 6.45) is 0. The first kappa shape index (κ1) is 14.1. The molecule has 0 aliphatic heterocycles. The van der Waals surface area contributed by atoms with Gasteiger partial charge in [-0.25, -0.2) is 0 Å². The van der Waals surface area contributed by atoms with Crippen molar-refractivity contribution in [1.82, 2.24) is 5.32 Å². The molecule has 19 heavy (non-hydrogen) atoms. The van der Waals surface area contributed by atoms with Crippen LogP contribution in [0.15, 0.2) is 48.5 Å². The quantitative estimate of drug-likeness (QED) is 0.821. The summed E-state index contributed by atoms with van der Waals surface area (Å²) in [5, 5.41) is 4.39. The number of benzene rings is 2. The SMILES string of the molecule is Cc1cccc([C@H](C)NC(C)c2cccc(Cl)c2)c1. The molecule has 0 saturated heterocycles. The van der Waals surface area contributed by atoms with E-state index >= 15 is 0 Å². The Labute approximate surface area is 120 Å². The van der Waals surface area contributed by atoms with Gasteiger partial charge in [-0.1, -0.05) is 53.6 Å². The van der Waals surface area contributed by atoms with E-state index in [9.17, 15) is 0 Å². The first-order valence-corrected chi connectivity index (χ1v) is 7.02. The molecule has 2 atom stereocenters. The highest BCUT2D eigenvalue weighted by molar-refractivity contribution is 6.30. The van der Waals surface area contributed by atoms with E-state index in [1.807, 2.05) is 18.2 Å². The first-order chi connectivity index (χ1) is 9.06. The van der Waals surface area contributed by atoms with E-state index in [2.05, 4.69) is 56.4 Å². The number of halogens is 1. The second-order valence-corrected chi connectivity index (χ2v) is 5.52. The highest BCUT2D eigenvalue weighted by Gasteiger charge is 2.11. The van der Waals surface area contributed by atoms with Crippen LogP contribution in [0.5, 0.6) is 0 Å². The standard InChI is InChI=1S/C17H20ClN/c1-12-6-4-7-15(10-12)13(2)19-14(3)16-8-5-9-17(18)11-16/h4-11,13-14,19H,1-3H3/t13-,14?/m0/s1. The number of rotatable bonds is 4. The predicted octanol–water partition coefficient (Wildman–Crippen LogP) is 5.06. The fraction of sp³-hybridized carbons (Fsp3) is 0.294. The van der Waals surface area contributed by atoms with Gasteiger partial charge in [0.25, 0.3) is 0 Å². The summed E-state index contributed by atoms with van der Waals surface area (Å²) in [6, 6.07) is 17.2. The minimum Gasteiger partial charge on any atom is -0.304 e. The average molecular weight is 274 g/mol. The molecule has 1 unspecified atom stereocenters. The summed E-state index contributed by atoms with van der Waals surface area (Å²) in [7, 11) is 0. The molecule has 1 N–H and O–H groups in total. The molecule has 0 aliphatic rings. The van der Waals surface area contributed by atoms with Crippen molar-refractivity contribution >= 4 is 11.6 Å². The summed E-state index contributed by atoms with van der Waals surface area (Å²) in [5.41, 5.74) is 3.82. The lowest BCUT2D eigenvalue weighted by atomic mass is 10.0. The third-order valence-corrected chi connectivity index (χ3v) is 3.63. The van der Waals surface area contributed by atoms with E-state index < -0.39 is 0 Å². The number of hydrogen-bond donors (Lipinski definition) is 1. The summed E-state index contributed by atoms with van der Waals surface area (Å²) in [6.45, 7) is 6.48. The van der Waals surface area contributed by atoms with Crippen LogP contribution in [0.4, 0.5) is 0 Å². The molecule has 0 aromatic heterocycles. The van der Waals surface area contributed by atoms with E-state index in [0.29, 0.717) is 6.04 Å². The van der Waals surface area contributed by atoms with E-state index in [0.717, 1.165) is 5.02 Å². The Morgan fingerprint density at radius 3 is 2.05 bits per heavy atom. The normalized spacial score (nSPS) is 14.1. The third-order valence-electron chi connectivity index (χ3n) is 3.39. The molecule has 0 amide bonds. The monoisotopic (exact) mass is 273 g/mol. The van der Waals surface area contributed by atoms with E-state index in [4.69, 9.17) is 11.6 Å². The highest BCUT2D eigenvalue weighted by Crippen LogP contribution is 2.22. The Kier molecular flexibility index (Phi) is 4.62. The van der Waals surface area contributed by atoms with Gasteiger partial charge in [0.05, 0.1) is 0 Å². The Morgan fingerprint density at radius 1 is 0.895 bits per heavy atom. The fourth-order valence-corrected chi connectivity index (χ4v) is 2.48. The Hall–Kier alpha value is -1.31. The van der Waals surface area contributed by atoms with Gasteiger partial charge in [-0.15, -0.1) is 0 Å². The molecule has 2 aromatic carbocycles. The summed E-state index contributed by atoms with van der Waals surface area (Å²) in [4.78, 5) is 0. The van der Waals surface area contributed by atoms with Crippen LogP contribution in [0.1, 0.15) is 42.6 Å². The lowest BCUT2D eigenvalue weighted by molar-refractivity contribution is 0.494. The van der Waals surface area contributed by atoms with Crippen molar-refractivity contribution < 1.29 is 0 Å². The molecule has 0 radical (unpaired) electrons. The van der Waals surface area contributed by atoms with Crippen LogP contribution in [0.3, 0.4) is 0 Å². The maximum Gasteiger partial charge on any atom is 0.0409 e. The van der Waals surface area contributed by atoms with Gasteiger partial charge in [-0.3, -0.25) is 0 Å². The Morgan fingerprint density at radius 2 is 1.47 bits per heavy atom. The third kappa shape index (κ3) is 3.82. The minimum atomic E-state index is 0.272. The molecular weight excluding hydrogens is 254 g/mol.